The van der Waals surface area contributed by atoms with E-state index < -0.39 is 16.0 Å². The van der Waals surface area contributed by atoms with E-state index in [-0.39, 0.29) is 15.8 Å². The summed E-state index contributed by atoms with van der Waals surface area (Å²) in [6.07, 6.45) is 0.623. The van der Waals surface area contributed by atoms with Crippen LogP contribution in [0.2, 0.25) is 0 Å². The number of fused-ring (bicyclic) bond motifs is 1. The van der Waals surface area contributed by atoms with E-state index in [4.69, 9.17) is 4.74 Å². The molecule has 3 rings (SSSR count). The predicted molar refractivity (Wildman–Crippen MR) is 115 cm³/mol. The molecule has 1 aromatic heterocycles. The van der Waals surface area contributed by atoms with Crippen LogP contribution in [-0.2, 0) is 34.3 Å². The van der Waals surface area contributed by atoms with Crippen molar-refractivity contribution < 1.29 is 17.9 Å². The predicted octanol–water partition coefficient (Wildman–Crippen LogP) is 3.40. The Labute approximate surface area is 176 Å². The van der Waals surface area contributed by atoms with Gasteiger partial charge in [-0.05, 0) is 45.2 Å². The Morgan fingerprint density at radius 1 is 1.24 bits per heavy atom. The third kappa shape index (κ3) is 4.88. The van der Waals surface area contributed by atoms with Gasteiger partial charge in [0.25, 0.3) is 10.0 Å². The van der Waals surface area contributed by atoms with Crippen LogP contribution in [0, 0.1) is 13.8 Å². The van der Waals surface area contributed by atoms with E-state index in [1.54, 1.807) is 13.8 Å². The molecule has 0 atom stereocenters. The summed E-state index contributed by atoms with van der Waals surface area (Å²) in [7, 11) is -2.49. The van der Waals surface area contributed by atoms with E-state index in [1.165, 1.54) is 35.1 Å². The summed E-state index contributed by atoms with van der Waals surface area (Å²) < 4.78 is 33.2. The molecule has 8 heteroatoms. The first kappa shape index (κ1) is 22.0. The van der Waals surface area contributed by atoms with Crippen LogP contribution in [0.5, 0.6) is 0 Å². The van der Waals surface area contributed by atoms with Crippen molar-refractivity contribution in [1.82, 2.24) is 9.62 Å². The molecule has 0 spiro atoms. The number of aryl methyl sites for hydroxylation is 2. The molecule has 29 heavy (non-hydrogen) atoms. The second kappa shape index (κ2) is 8.55. The quantitative estimate of drug-likeness (QED) is 0.703. The van der Waals surface area contributed by atoms with Crippen molar-refractivity contribution in [2.24, 2.45) is 0 Å². The molecule has 2 heterocycles. The number of hydrogen-bond acceptors (Lipinski definition) is 6. The smallest absolute Gasteiger partial charge is 0.340 e. The largest absolute Gasteiger partial charge is 0.465 e. The zero-order chi connectivity index (χ0) is 21.3. The molecule has 0 aliphatic carbocycles. The fourth-order valence-electron chi connectivity index (χ4n) is 3.85. The third-order valence-electron chi connectivity index (χ3n) is 4.82. The molecule has 0 fully saturated rings. The van der Waals surface area contributed by atoms with Gasteiger partial charge >= 0.3 is 5.97 Å². The van der Waals surface area contributed by atoms with Gasteiger partial charge in [0.1, 0.15) is 4.21 Å². The van der Waals surface area contributed by atoms with Crippen LogP contribution >= 0.6 is 11.3 Å². The van der Waals surface area contributed by atoms with Gasteiger partial charge in [0.05, 0.1) is 12.7 Å². The summed E-state index contributed by atoms with van der Waals surface area (Å²) in [5.74, 6) is -0.589. The summed E-state index contributed by atoms with van der Waals surface area (Å²) in [5, 5.41) is 0. The van der Waals surface area contributed by atoms with Crippen molar-refractivity contribution in [2.45, 2.75) is 57.5 Å². The number of hydrogen-bond donors (Lipinski definition) is 1. The zero-order valence-electron chi connectivity index (χ0n) is 17.5. The van der Waals surface area contributed by atoms with E-state index in [0.717, 1.165) is 23.5 Å². The highest BCUT2D eigenvalue weighted by atomic mass is 32.2. The number of methoxy groups -OCH3 is 1. The first-order valence-electron chi connectivity index (χ1n) is 9.65. The number of nitrogens with one attached hydrogen (secondary N) is 1. The highest BCUT2D eigenvalue weighted by Gasteiger charge is 2.34. The molecule has 6 nitrogen and oxygen atoms in total. The van der Waals surface area contributed by atoms with Crippen molar-refractivity contribution in [3.63, 3.8) is 0 Å². The highest BCUT2D eigenvalue weighted by Crippen LogP contribution is 2.37. The number of sulfonamides is 1. The van der Waals surface area contributed by atoms with E-state index in [2.05, 4.69) is 41.7 Å². The van der Waals surface area contributed by atoms with E-state index in [0.29, 0.717) is 13.0 Å². The lowest BCUT2D eigenvalue weighted by atomic mass is 10.0. The molecule has 0 saturated heterocycles. The molecule has 0 amide bonds. The van der Waals surface area contributed by atoms with Crippen LogP contribution < -0.4 is 4.72 Å². The van der Waals surface area contributed by atoms with Crippen molar-refractivity contribution in [3.8, 4) is 0 Å². The van der Waals surface area contributed by atoms with Gasteiger partial charge in [0.2, 0.25) is 0 Å². The lowest BCUT2D eigenvalue weighted by molar-refractivity contribution is 0.0595. The molecule has 1 N–H and O–H groups in total. The number of carbonyl (C=O) groups excluding carboxylic acids is 1. The molecular weight excluding hydrogens is 408 g/mol. The van der Waals surface area contributed by atoms with Gasteiger partial charge in [-0.2, -0.15) is 0 Å². The number of thiophene rings is 1. The van der Waals surface area contributed by atoms with Gasteiger partial charge in [-0.1, -0.05) is 29.3 Å². The minimum atomic E-state index is -3.78. The molecule has 1 aromatic carbocycles. The number of esters is 1. The molecule has 1 aliphatic rings. The second-order valence-corrected chi connectivity index (χ2v) is 10.9. The SMILES string of the molecule is COC(=O)c1c(S(=O)(=O)NC(C)C)sc2c1CCN(Cc1cc(C)cc(C)c1)C2. The monoisotopic (exact) mass is 436 g/mol. The minimum absolute atomic E-state index is 0.0660. The second-order valence-electron chi connectivity index (χ2n) is 7.89. The molecule has 0 unspecified atom stereocenters. The summed E-state index contributed by atoms with van der Waals surface area (Å²) >= 11 is 1.18. The Bertz CT molecular complexity index is 1010. The third-order valence-corrected chi connectivity index (χ3v) is 8.21. The highest BCUT2D eigenvalue weighted by molar-refractivity contribution is 7.91. The number of benzene rings is 1. The van der Waals surface area contributed by atoms with E-state index in [9.17, 15) is 13.2 Å². The summed E-state index contributed by atoms with van der Waals surface area (Å²) in [6, 6.07) is 6.25. The maximum Gasteiger partial charge on any atom is 0.340 e. The van der Waals surface area contributed by atoms with Crippen LogP contribution in [0.15, 0.2) is 22.4 Å². The van der Waals surface area contributed by atoms with Crippen LogP contribution in [0.4, 0.5) is 0 Å². The maximum atomic E-state index is 12.8. The fraction of sp³-hybridized carbons (Fsp3) is 0.476. The Hall–Kier alpha value is -1.74. The molecule has 2 aromatic rings. The standard InChI is InChI=1S/C21H28N2O4S2/c1-13(2)22-29(25,26)21-19(20(24)27-5)17-6-7-23(12-18(17)28-21)11-16-9-14(3)8-15(4)10-16/h8-10,13,22H,6-7,11-12H2,1-5H3. The van der Waals surface area contributed by atoms with Crippen LogP contribution in [0.25, 0.3) is 0 Å². The average Bonchev–Trinajstić information content (AvgIpc) is 2.98. The Kier molecular flexibility index (Phi) is 6.48. The molecule has 0 bridgehead atoms. The van der Waals surface area contributed by atoms with Crippen LogP contribution in [0.1, 0.15) is 51.3 Å². The average molecular weight is 437 g/mol. The van der Waals surface area contributed by atoms with Crippen molar-refractivity contribution in [1.29, 1.82) is 0 Å². The lowest BCUT2D eigenvalue weighted by Crippen LogP contribution is -2.31. The summed E-state index contributed by atoms with van der Waals surface area (Å²) in [5.41, 5.74) is 4.71. The Balaban J connectivity index is 1.93. The maximum absolute atomic E-state index is 12.8. The molecule has 1 aliphatic heterocycles. The fourth-order valence-corrected chi connectivity index (χ4v) is 7.04. The first-order chi connectivity index (χ1) is 13.6. The van der Waals surface area contributed by atoms with Crippen molar-refractivity contribution in [2.75, 3.05) is 13.7 Å². The van der Waals surface area contributed by atoms with Crippen LogP contribution in [0.3, 0.4) is 0 Å². The van der Waals surface area contributed by atoms with Crippen LogP contribution in [-0.4, -0.2) is 39.0 Å². The van der Waals surface area contributed by atoms with E-state index >= 15 is 0 Å². The molecule has 0 radical (unpaired) electrons. The summed E-state index contributed by atoms with van der Waals surface area (Å²) in [4.78, 5) is 15.6. The van der Waals surface area contributed by atoms with Gasteiger partial charge in [0, 0.05) is 30.6 Å². The number of rotatable bonds is 6. The van der Waals surface area contributed by atoms with Crippen molar-refractivity contribution >= 4 is 27.3 Å². The van der Waals surface area contributed by atoms with Gasteiger partial charge in [-0.25, -0.2) is 17.9 Å². The normalized spacial score (nSPS) is 14.8. The van der Waals surface area contributed by atoms with E-state index in [1.807, 2.05) is 0 Å². The molecule has 0 saturated carbocycles. The first-order valence-corrected chi connectivity index (χ1v) is 12.0. The van der Waals surface area contributed by atoms with Gasteiger partial charge in [-0.3, -0.25) is 4.90 Å². The topological polar surface area (TPSA) is 75.7 Å². The van der Waals surface area contributed by atoms with Gasteiger partial charge in [0.15, 0.2) is 0 Å². The minimum Gasteiger partial charge on any atom is -0.465 e. The molecule has 158 valence electrons. The number of ether oxygens (including phenoxy) is 1. The van der Waals surface area contributed by atoms with Gasteiger partial charge in [-0.15, -0.1) is 11.3 Å². The summed E-state index contributed by atoms with van der Waals surface area (Å²) in [6.45, 7) is 9.87. The molecular formula is C21H28N2O4S2. The number of nitrogens with zero attached hydrogens (tertiary/aromatic N) is 1. The number of carbonyl (C=O) groups is 1. The Morgan fingerprint density at radius 2 is 1.90 bits per heavy atom. The zero-order valence-corrected chi connectivity index (χ0v) is 19.2. The lowest BCUT2D eigenvalue weighted by Gasteiger charge is -2.27. The van der Waals surface area contributed by atoms with Crippen molar-refractivity contribution in [3.05, 3.63) is 50.9 Å². The van der Waals surface area contributed by atoms with Gasteiger partial charge < -0.3 is 4.74 Å². The Morgan fingerprint density at radius 3 is 2.48 bits per heavy atom.